The van der Waals surface area contributed by atoms with E-state index >= 15 is 0 Å². The highest BCUT2D eigenvalue weighted by Gasteiger charge is 2.47. The van der Waals surface area contributed by atoms with Gasteiger partial charge in [-0.3, -0.25) is 0 Å². The number of hydrogen-bond acceptors (Lipinski definition) is 0. The number of alkyl halides is 3. The third-order valence-electron chi connectivity index (χ3n) is 5.97. The third kappa shape index (κ3) is 4.15. The molecule has 0 nitrogen and oxygen atoms in total. The van der Waals surface area contributed by atoms with Gasteiger partial charge in [-0.25, -0.2) is 13.2 Å². The van der Waals surface area contributed by atoms with Crippen LogP contribution >= 0.6 is 0 Å². The first-order valence-corrected chi connectivity index (χ1v) is 10.7. The Hall–Kier alpha value is 0.140. The molecule has 0 amide bonds. The summed E-state index contributed by atoms with van der Waals surface area (Å²) in [5, 5.41) is 1.90. The fourth-order valence-electron chi connectivity index (χ4n) is 4.70. The van der Waals surface area contributed by atoms with E-state index in [1.165, 1.54) is 0 Å². The van der Waals surface area contributed by atoms with Gasteiger partial charge in [0.15, 0.2) is 0 Å². The van der Waals surface area contributed by atoms with Crippen LogP contribution in [0.4, 0.5) is 13.2 Å². The second-order valence-electron chi connectivity index (χ2n) is 7.53. The fourth-order valence-corrected chi connectivity index (χ4v) is 8.78. The van der Waals surface area contributed by atoms with Crippen LogP contribution < -0.4 is 0 Å². The van der Waals surface area contributed by atoms with E-state index in [9.17, 15) is 13.2 Å². The highest BCUT2D eigenvalue weighted by Crippen LogP contribution is 2.41. The van der Waals surface area contributed by atoms with Crippen LogP contribution in [0, 0.1) is 0 Å². The van der Waals surface area contributed by atoms with Crippen molar-refractivity contribution in [2.75, 3.05) is 0 Å². The second-order valence-corrected chi connectivity index (χ2v) is 10.3. The van der Waals surface area contributed by atoms with Gasteiger partial charge in [0.1, 0.15) is 34.3 Å². The quantitative estimate of drug-likeness (QED) is 0.602. The molecule has 0 bridgehead atoms. The predicted molar refractivity (Wildman–Crippen MR) is 88.8 cm³/mol. The number of hydrogen-bond donors (Lipinski definition) is 0. The molecular weight excluding hydrogens is 305 g/mol. The Bertz CT molecular complexity index is 275. The zero-order valence-corrected chi connectivity index (χ0v) is 14.3. The van der Waals surface area contributed by atoms with Crippen molar-refractivity contribution in [3.05, 3.63) is 0 Å². The first-order chi connectivity index (χ1) is 10.6. The summed E-state index contributed by atoms with van der Waals surface area (Å²) in [6.45, 7) is 0. The summed E-state index contributed by atoms with van der Waals surface area (Å²) in [6.07, 6.45) is 8.52. The van der Waals surface area contributed by atoms with Crippen LogP contribution in [0.25, 0.3) is 0 Å². The molecule has 0 aromatic rings. The van der Waals surface area contributed by atoms with Gasteiger partial charge in [-0.05, 0) is 87.9 Å². The molecule has 0 aromatic heterocycles. The molecule has 0 heterocycles. The average Bonchev–Trinajstić information content (AvgIpc) is 2.53. The lowest BCUT2D eigenvalue weighted by atomic mass is 9.97. The summed E-state index contributed by atoms with van der Waals surface area (Å²) >= 11 is 0. The minimum atomic E-state index is -0.607. The third-order valence-corrected chi connectivity index (χ3v) is 9.69. The molecule has 3 rings (SSSR count). The van der Waals surface area contributed by atoms with Crippen molar-refractivity contribution in [1.82, 2.24) is 0 Å². The van der Waals surface area contributed by atoms with Crippen LogP contribution in [0.5, 0.6) is 0 Å². The van der Waals surface area contributed by atoms with Gasteiger partial charge in [0.05, 0.1) is 0 Å². The van der Waals surface area contributed by atoms with Gasteiger partial charge in [-0.1, -0.05) is 0 Å². The molecule has 0 radical (unpaired) electrons. The molecule has 3 aliphatic carbocycles. The lowest BCUT2D eigenvalue weighted by molar-refractivity contribution is 0.241. The normalized spacial score (nSPS) is 45.4. The molecule has 0 N–H and O–H groups in total. The van der Waals surface area contributed by atoms with Crippen molar-refractivity contribution < 1.29 is 13.2 Å². The summed E-state index contributed by atoms with van der Waals surface area (Å²) in [4.78, 5) is 0. The van der Waals surface area contributed by atoms with E-state index in [2.05, 4.69) is 0 Å². The average molecular weight is 335 g/mol. The zero-order valence-electron chi connectivity index (χ0n) is 13.5. The Balaban J connectivity index is 1.67. The van der Waals surface area contributed by atoms with Gasteiger partial charge in [-0.2, -0.15) is 0 Å². The van der Waals surface area contributed by atoms with Crippen LogP contribution in [0.1, 0.15) is 77.0 Å². The Morgan fingerprint density at radius 2 is 0.636 bits per heavy atom. The molecule has 0 aromatic carbocycles. The highest BCUT2D eigenvalue weighted by atomic mass is 32.2. The van der Waals surface area contributed by atoms with Crippen LogP contribution in [0.3, 0.4) is 0 Å². The van der Waals surface area contributed by atoms with Gasteiger partial charge >= 0.3 is 0 Å². The minimum absolute atomic E-state index is 0.271. The topological polar surface area (TPSA) is 0 Å². The molecule has 0 unspecified atom stereocenters. The minimum Gasteiger partial charge on any atom is -0.247 e. The van der Waals surface area contributed by atoms with Gasteiger partial charge in [-0.15, -0.1) is 0 Å². The molecule has 4 heteroatoms. The monoisotopic (exact) mass is 335 g/mol. The molecule has 0 aliphatic heterocycles. The van der Waals surface area contributed by atoms with Crippen LogP contribution in [-0.2, 0) is 10.9 Å². The predicted octanol–water partition coefficient (Wildman–Crippen LogP) is 5.45. The van der Waals surface area contributed by atoms with Crippen molar-refractivity contribution in [1.29, 1.82) is 0 Å². The molecule has 0 atom stereocenters. The van der Waals surface area contributed by atoms with Crippen molar-refractivity contribution in [3.63, 3.8) is 0 Å². The van der Waals surface area contributed by atoms with Gasteiger partial charge < -0.3 is 0 Å². The maximum Gasteiger partial charge on any atom is 0.119 e. The molecule has 0 saturated heterocycles. The molecule has 3 aliphatic rings. The Kier molecular flexibility index (Phi) is 6.03. The van der Waals surface area contributed by atoms with Gasteiger partial charge in [0, 0.05) is 0 Å². The Labute approximate surface area is 136 Å². The Morgan fingerprint density at radius 3 is 0.864 bits per heavy atom. The molecule has 128 valence electrons. The van der Waals surface area contributed by atoms with Crippen molar-refractivity contribution in [3.8, 4) is 0 Å². The van der Waals surface area contributed by atoms with Gasteiger partial charge in [0.25, 0.3) is 0 Å². The smallest absolute Gasteiger partial charge is 0.119 e. The molecule has 3 saturated carbocycles. The van der Waals surface area contributed by atoms with Gasteiger partial charge in [0.2, 0.25) is 0 Å². The summed E-state index contributed by atoms with van der Waals surface area (Å²) in [7, 11) is 0.271. The van der Waals surface area contributed by atoms with E-state index in [4.69, 9.17) is 0 Å². The van der Waals surface area contributed by atoms with Crippen molar-refractivity contribution >= 4 is 10.9 Å². The van der Waals surface area contributed by atoms with E-state index in [-0.39, 0.29) is 10.9 Å². The molecular formula is C18H30F3S+. The lowest BCUT2D eigenvalue weighted by Crippen LogP contribution is -2.45. The molecule has 0 spiro atoms. The summed E-state index contributed by atoms with van der Waals surface area (Å²) in [5.41, 5.74) is 0. The lowest BCUT2D eigenvalue weighted by Gasteiger charge is -2.37. The van der Waals surface area contributed by atoms with E-state index in [0.29, 0.717) is 54.3 Å². The fraction of sp³-hybridized carbons (Fsp3) is 1.00. The van der Waals surface area contributed by atoms with E-state index in [1.807, 2.05) is 0 Å². The van der Waals surface area contributed by atoms with Crippen molar-refractivity contribution in [2.24, 2.45) is 0 Å². The number of rotatable bonds is 3. The zero-order chi connectivity index (χ0) is 15.5. The first-order valence-electron chi connectivity index (χ1n) is 9.26. The Morgan fingerprint density at radius 1 is 0.409 bits per heavy atom. The summed E-state index contributed by atoms with van der Waals surface area (Å²) in [6, 6.07) is 0. The standard InChI is InChI=1S/C18H30F3S/c19-13-1-7-16(8-2-13)22(17-9-3-14(20)4-10-17)18-11-5-15(21)6-12-18/h13-18H,1-12H2/q+1. The highest BCUT2D eigenvalue weighted by molar-refractivity contribution is 7.98. The van der Waals surface area contributed by atoms with Crippen molar-refractivity contribution in [2.45, 2.75) is 111 Å². The van der Waals surface area contributed by atoms with Crippen LogP contribution in [0.2, 0.25) is 0 Å². The summed E-state index contributed by atoms with van der Waals surface area (Å²) in [5.74, 6) is 0. The molecule has 3 fully saturated rings. The first kappa shape index (κ1) is 17.0. The van der Waals surface area contributed by atoms with E-state index < -0.39 is 18.5 Å². The largest absolute Gasteiger partial charge is 0.247 e. The maximum atomic E-state index is 13.5. The summed E-state index contributed by atoms with van der Waals surface area (Å²) < 4.78 is 40.5. The van der Waals surface area contributed by atoms with Crippen LogP contribution in [-0.4, -0.2) is 34.3 Å². The van der Waals surface area contributed by atoms with Crippen LogP contribution in [0.15, 0.2) is 0 Å². The maximum absolute atomic E-state index is 13.5. The second kappa shape index (κ2) is 7.81. The van der Waals surface area contributed by atoms with E-state index in [0.717, 1.165) is 38.5 Å². The SMILES string of the molecule is FC1CCC([S+](C2CCC(F)CC2)C2CCC(F)CC2)CC1. The number of halogens is 3. The van der Waals surface area contributed by atoms with E-state index in [1.54, 1.807) is 0 Å². The molecule has 22 heavy (non-hydrogen) atoms.